The van der Waals surface area contributed by atoms with Crippen molar-refractivity contribution < 1.29 is 22.7 Å². The smallest absolute Gasteiger partial charge is 0.264 e. The quantitative estimate of drug-likeness (QED) is 0.293. The van der Waals surface area contributed by atoms with Gasteiger partial charge in [0.05, 0.1) is 17.7 Å². The standard InChI is InChI=1S/C29H33Cl2N3O5S/c1-5-25(29(36)32-20(2)3)33(18-21-11-9-10-14-24(21)31)28(35)19-34(26-17-22(30)15-16-27(26)39-4)40(37,38)23-12-7-6-8-13-23/h6-17,20,25H,5,18-19H2,1-4H3,(H,32,36)/t25-/m0/s1. The SMILES string of the molecule is CC[C@@H](C(=O)NC(C)C)N(Cc1ccccc1Cl)C(=O)CN(c1cc(Cl)ccc1OC)S(=O)(=O)c1ccccc1. The van der Waals surface area contributed by atoms with E-state index in [0.717, 1.165) is 4.31 Å². The van der Waals surface area contributed by atoms with Crippen LogP contribution in [0.15, 0.2) is 77.7 Å². The van der Waals surface area contributed by atoms with Crippen molar-refractivity contribution in [2.75, 3.05) is 18.0 Å². The molecular formula is C29H33Cl2N3O5S. The Balaban J connectivity index is 2.13. The number of amides is 2. The summed E-state index contributed by atoms with van der Waals surface area (Å²) in [4.78, 5) is 28.7. The number of carbonyl (C=O) groups is 2. The van der Waals surface area contributed by atoms with Crippen LogP contribution in [0.3, 0.4) is 0 Å². The molecule has 0 fully saturated rings. The van der Waals surface area contributed by atoms with Gasteiger partial charge in [-0.25, -0.2) is 8.42 Å². The van der Waals surface area contributed by atoms with Crippen LogP contribution >= 0.6 is 23.2 Å². The summed E-state index contributed by atoms with van der Waals surface area (Å²) in [6, 6.07) is 18.2. The van der Waals surface area contributed by atoms with Crippen molar-refractivity contribution in [3.8, 4) is 5.75 Å². The fourth-order valence-corrected chi connectivity index (χ4v) is 6.00. The second kappa shape index (κ2) is 13.9. The summed E-state index contributed by atoms with van der Waals surface area (Å²) in [6.07, 6.45) is 0.292. The van der Waals surface area contributed by atoms with E-state index in [-0.39, 0.29) is 39.8 Å². The van der Waals surface area contributed by atoms with Crippen LogP contribution < -0.4 is 14.4 Å². The molecule has 0 aliphatic heterocycles. The molecular weight excluding hydrogens is 573 g/mol. The lowest BCUT2D eigenvalue weighted by Crippen LogP contribution is -2.53. The van der Waals surface area contributed by atoms with E-state index in [2.05, 4.69) is 5.32 Å². The molecule has 3 aromatic carbocycles. The fraction of sp³-hybridized carbons (Fsp3) is 0.310. The van der Waals surface area contributed by atoms with E-state index in [1.807, 2.05) is 13.8 Å². The molecule has 40 heavy (non-hydrogen) atoms. The zero-order chi connectivity index (χ0) is 29.4. The monoisotopic (exact) mass is 605 g/mol. The van der Waals surface area contributed by atoms with Crippen LogP contribution in [0.1, 0.15) is 32.8 Å². The van der Waals surface area contributed by atoms with Crippen molar-refractivity contribution in [1.29, 1.82) is 0 Å². The summed E-state index contributed by atoms with van der Waals surface area (Å²) in [5.74, 6) is -0.748. The van der Waals surface area contributed by atoms with Crippen LogP contribution in [0.4, 0.5) is 5.69 Å². The van der Waals surface area contributed by atoms with Gasteiger partial charge in [0.1, 0.15) is 18.3 Å². The summed E-state index contributed by atoms with van der Waals surface area (Å²) in [5.41, 5.74) is 0.704. The summed E-state index contributed by atoms with van der Waals surface area (Å²) in [7, 11) is -2.87. The van der Waals surface area contributed by atoms with E-state index in [1.54, 1.807) is 55.5 Å². The van der Waals surface area contributed by atoms with Gasteiger partial charge in [-0.05, 0) is 62.2 Å². The van der Waals surface area contributed by atoms with Crippen molar-refractivity contribution in [3.63, 3.8) is 0 Å². The average molecular weight is 607 g/mol. The third kappa shape index (κ3) is 7.47. The van der Waals surface area contributed by atoms with Crippen LogP contribution in [0.5, 0.6) is 5.75 Å². The lowest BCUT2D eigenvalue weighted by molar-refractivity contribution is -0.140. The maximum absolute atomic E-state index is 14.1. The van der Waals surface area contributed by atoms with Crippen LogP contribution in [-0.2, 0) is 26.2 Å². The number of nitrogens with one attached hydrogen (secondary N) is 1. The highest BCUT2D eigenvalue weighted by molar-refractivity contribution is 7.92. The Morgan fingerprint density at radius 1 is 0.975 bits per heavy atom. The maximum Gasteiger partial charge on any atom is 0.264 e. The Kier molecular flexibility index (Phi) is 10.8. The second-order valence-corrected chi connectivity index (χ2v) is 12.0. The Bertz CT molecular complexity index is 1430. The fourth-order valence-electron chi connectivity index (χ4n) is 4.20. The molecule has 3 aromatic rings. The first kappa shape index (κ1) is 31.3. The topological polar surface area (TPSA) is 96.0 Å². The lowest BCUT2D eigenvalue weighted by Gasteiger charge is -2.34. The third-order valence-corrected chi connectivity index (χ3v) is 8.51. The molecule has 0 aromatic heterocycles. The molecule has 1 atom stereocenters. The summed E-state index contributed by atoms with van der Waals surface area (Å²) in [5, 5.41) is 3.54. The highest BCUT2D eigenvalue weighted by Gasteiger charge is 2.35. The van der Waals surface area contributed by atoms with Crippen LogP contribution in [0.25, 0.3) is 0 Å². The zero-order valence-electron chi connectivity index (χ0n) is 22.8. The minimum Gasteiger partial charge on any atom is -0.495 e. The van der Waals surface area contributed by atoms with Gasteiger partial charge in [-0.3, -0.25) is 13.9 Å². The zero-order valence-corrected chi connectivity index (χ0v) is 25.1. The molecule has 2 amide bonds. The number of carbonyl (C=O) groups excluding carboxylic acids is 2. The molecule has 0 aliphatic rings. The predicted molar refractivity (Wildman–Crippen MR) is 158 cm³/mol. The minimum absolute atomic E-state index is 0.00552. The Labute approximate surface area is 245 Å². The molecule has 0 unspecified atom stereocenters. The first-order valence-corrected chi connectivity index (χ1v) is 14.9. The van der Waals surface area contributed by atoms with Gasteiger partial charge in [-0.15, -0.1) is 0 Å². The molecule has 1 N–H and O–H groups in total. The van der Waals surface area contributed by atoms with Crippen molar-refractivity contribution in [1.82, 2.24) is 10.2 Å². The van der Waals surface area contributed by atoms with Crippen molar-refractivity contribution in [2.45, 2.75) is 50.7 Å². The van der Waals surface area contributed by atoms with Crippen molar-refractivity contribution in [2.24, 2.45) is 0 Å². The number of nitrogens with zero attached hydrogens (tertiary/aromatic N) is 2. The summed E-state index contributed by atoms with van der Waals surface area (Å²) >= 11 is 12.7. The van der Waals surface area contributed by atoms with Crippen molar-refractivity contribution in [3.05, 3.63) is 88.4 Å². The van der Waals surface area contributed by atoms with Gasteiger partial charge in [0.15, 0.2) is 0 Å². The van der Waals surface area contributed by atoms with E-state index in [4.69, 9.17) is 27.9 Å². The number of hydrogen-bond donors (Lipinski definition) is 1. The van der Waals surface area contributed by atoms with E-state index in [0.29, 0.717) is 17.0 Å². The largest absolute Gasteiger partial charge is 0.495 e. The van der Waals surface area contributed by atoms with E-state index in [9.17, 15) is 18.0 Å². The molecule has 8 nitrogen and oxygen atoms in total. The first-order valence-electron chi connectivity index (χ1n) is 12.7. The molecule has 0 saturated carbocycles. The van der Waals surface area contributed by atoms with Crippen LogP contribution in [0.2, 0.25) is 10.0 Å². The average Bonchev–Trinajstić information content (AvgIpc) is 2.92. The number of anilines is 1. The van der Waals surface area contributed by atoms with Gasteiger partial charge < -0.3 is 15.0 Å². The number of methoxy groups -OCH3 is 1. The molecule has 0 aliphatic carbocycles. The highest BCUT2D eigenvalue weighted by atomic mass is 35.5. The number of ether oxygens (including phenoxy) is 1. The van der Waals surface area contributed by atoms with Gasteiger partial charge in [0, 0.05) is 22.6 Å². The van der Waals surface area contributed by atoms with Gasteiger partial charge in [0.2, 0.25) is 11.8 Å². The summed E-state index contributed by atoms with van der Waals surface area (Å²) < 4.78 is 34.3. The molecule has 11 heteroatoms. The maximum atomic E-state index is 14.1. The normalized spacial score (nSPS) is 12.1. The first-order chi connectivity index (χ1) is 19.0. The third-order valence-electron chi connectivity index (χ3n) is 6.14. The van der Waals surface area contributed by atoms with Gasteiger partial charge in [0.25, 0.3) is 10.0 Å². The number of sulfonamides is 1. The minimum atomic E-state index is -4.26. The molecule has 3 rings (SSSR count). The molecule has 0 radical (unpaired) electrons. The molecule has 214 valence electrons. The van der Waals surface area contributed by atoms with E-state index in [1.165, 1.54) is 36.3 Å². The molecule has 0 spiro atoms. The van der Waals surface area contributed by atoms with Crippen LogP contribution in [0, 0.1) is 0 Å². The van der Waals surface area contributed by atoms with Crippen LogP contribution in [-0.4, -0.2) is 50.9 Å². The Hall–Kier alpha value is -3.27. The van der Waals surface area contributed by atoms with E-state index >= 15 is 0 Å². The van der Waals surface area contributed by atoms with Gasteiger partial charge in [-0.1, -0.05) is 66.5 Å². The Morgan fingerprint density at radius 3 is 2.23 bits per heavy atom. The Morgan fingerprint density at radius 2 is 1.62 bits per heavy atom. The number of hydrogen-bond acceptors (Lipinski definition) is 5. The molecule has 0 bridgehead atoms. The second-order valence-electron chi connectivity index (χ2n) is 9.34. The number of benzene rings is 3. The van der Waals surface area contributed by atoms with E-state index < -0.39 is 28.5 Å². The van der Waals surface area contributed by atoms with Gasteiger partial charge >= 0.3 is 0 Å². The summed E-state index contributed by atoms with van der Waals surface area (Å²) in [6.45, 7) is 4.81. The lowest BCUT2D eigenvalue weighted by atomic mass is 10.1. The predicted octanol–water partition coefficient (Wildman–Crippen LogP) is 5.53. The highest BCUT2D eigenvalue weighted by Crippen LogP contribution is 2.35. The molecule has 0 saturated heterocycles. The molecule has 0 heterocycles. The number of halogens is 2. The number of rotatable bonds is 12. The van der Waals surface area contributed by atoms with Crippen molar-refractivity contribution >= 4 is 50.7 Å². The van der Waals surface area contributed by atoms with Gasteiger partial charge in [-0.2, -0.15) is 0 Å².